The van der Waals surface area contributed by atoms with Gasteiger partial charge < -0.3 is 4.74 Å². The second kappa shape index (κ2) is 5.33. The molecule has 0 spiro atoms. The molecule has 2 atom stereocenters. The van der Waals surface area contributed by atoms with E-state index < -0.39 is 5.60 Å². The van der Waals surface area contributed by atoms with Crippen LogP contribution in [0, 0.1) is 5.92 Å². The minimum Gasteiger partial charge on any atom is -0.459 e. The number of likely N-dealkylation sites (tertiary alicyclic amines) is 1. The zero-order valence-corrected chi connectivity index (χ0v) is 12.2. The number of benzene rings is 1. The first-order chi connectivity index (χ1) is 8.87. The Morgan fingerprint density at radius 2 is 1.95 bits per heavy atom. The highest BCUT2D eigenvalue weighted by atomic mass is 16.6. The SMILES string of the molecule is C[C@H]1CN(Cc2ccccc2)C1C(=O)OC(C)(C)C. The maximum absolute atomic E-state index is 12.2. The molecule has 3 heteroatoms. The number of esters is 1. The molecule has 0 aromatic heterocycles. The van der Waals surface area contributed by atoms with Gasteiger partial charge in [0, 0.05) is 13.1 Å². The van der Waals surface area contributed by atoms with Crippen molar-refractivity contribution >= 4 is 5.97 Å². The van der Waals surface area contributed by atoms with Gasteiger partial charge in [-0.2, -0.15) is 0 Å². The third kappa shape index (κ3) is 3.57. The highest BCUT2D eigenvalue weighted by molar-refractivity contribution is 5.77. The molecule has 19 heavy (non-hydrogen) atoms. The van der Waals surface area contributed by atoms with E-state index in [1.807, 2.05) is 39.0 Å². The predicted molar refractivity (Wildman–Crippen MR) is 75.6 cm³/mol. The summed E-state index contributed by atoms with van der Waals surface area (Å²) in [6.07, 6.45) is 0. The lowest BCUT2D eigenvalue weighted by Gasteiger charge is -2.45. The van der Waals surface area contributed by atoms with Crippen molar-refractivity contribution in [2.24, 2.45) is 5.92 Å². The Hall–Kier alpha value is -1.35. The summed E-state index contributed by atoms with van der Waals surface area (Å²) in [7, 11) is 0. The van der Waals surface area contributed by atoms with E-state index in [2.05, 4.69) is 24.0 Å². The molecule has 1 aliphatic rings. The third-order valence-electron chi connectivity index (χ3n) is 3.33. The monoisotopic (exact) mass is 261 g/mol. The van der Waals surface area contributed by atoms with Crippen molar-refractivity contribution in [2.45, 2.75) is 45.9 Å². The van der Waals surface area contributed by atoms with Gasteiger partial charge >= 0.3 is 5.97 Å². The van der Waals surface area contributed by atoms with E-state index in [0.29, 0.717) is 5.92 Å². The van der Waals surface area contributed by atoms with Crippen LogP contribution < -0.4 is 0 Å². The lowest BCUT2D eigenvalue weighted by atomic mass is 9.89. The van der Waals surface area contributed by atoms with E-state index in [1.165, 1.54) is 5.56 Å². The van der Waals surface area contributed by atoms with Gasteiger partial charge in [0.1, 0.15) is 11.6 Å². The molecular weight excluding hydrogens is 238 g/mol. The van der Waals surface area contributed by atoms with E-state index in [1.54, 1.807) is 0 Å². The smallest absolute Gasteiger partial charge is 0.324 e. The van der Waals surface area contributed by atoms with Crippen LogP contribution in [0.3, 0.4) is 0 Å². The molecule has 3 nitrogen and oxygen atoms in total. The Kier molecular flexibility index (Phi) is 3.95. The molecule has 1 heterocycles. The van der Waals surface area contributed by atoms with Crippen LogP contribution in [0.4, 0.5) is 0 Å². The molecule has 0 bridgehead atoms. The van der Waals surface area contributed by atoms with E-state index in [9.17, 15) is 4.79 Å². The van der Waals surface area contributed by atoms with Gasteiger partial charge in [-0.1, -0.05) is 37.3 Å². The second-order valence-corrected chi connectivity index (χ2v) is 6.37. The van der Waals surface area contributed by atoms with Crippen LogP contribution in [0.2, 0.25) is 0 Å². The number of nitrogens with zero attached hydrogens (tertiary/aromatic N) is 1. The van der Waals surface area contributed by atoms with E-state index >= 15 is 0 Å². The molecule has 0 aliphatic carbocycles. The van der Waals surface area contributed by atoms with Crippen LogP contribution in [-0.4, -0.2) is 29.1 Å². The number of hydrogen-bond acceptors (Lipinski definition) is 3. The number of hydrogen-bond donors (Lipinski definition) is 0. The zero-order chi connectivity index (χ0) is 14.0. The number of ether oxygens (including phenoxy) is 1. The fraction of sp³-hybridized carbons (Fsp3) is 0.562. The van der Waals surface area contributed by atoms with Gasteiger partial charge in [0.15, 0.2) is 0 Å². The summed E-state index contributed by atoms with van der Waals surface area (Å²) in [6.45, 7) is 9.62. The molecule has 1 aromatic carbocycles. The second-order valence-electron chi connectivity index (χ2n) is 6.37. The molecular formula is C16H23NO2. The van der Waals surface area contributed by atoms with Gasteiger partial charge in [0.25, 0.3) is 0 Å². The Morgan fingerprint density at radius 3 is 2.47 bits per heavy atom. The van der Waals surface area contributed by atoms with Crippen molar-refractivity contribution in [1.82, 2.24) is 4.90 Å². The minimum absolute atomic E-state index is 0.0952. The molecule has 1 aromatic rings. The zero-order valence-electron chi connectivity index (χ0n) is 12.2. The maximum atomic E-state index is 12.2. The molecule has 1 saturated heterocycles. The van der Waals surface area contributed by atoms with Crippen molar-refractivity contribution < 1.29 is 9.53 Å². The molecule has 2 rings (SSSR count). The normalized spacial score (nSPS) is 23.8. The summed E-state index contributed by atoms with van der Waals surface area (Å²) in [5, 5.41) is 0. The van der Waals surface area contributed by atoms with Gasteiger partial charge in [-0.3, -0.25) is 9.69 Å². The number of carbonyl (C=O) groups excluding carboxylic acids is 1. The van der Waals surface area contributed by atoms with Gasteiger partial charge in [-0.05, 0) is 32.3 Å². The van der Waals surface area contributed by atoms with Gasteiger partial charge in [-0.25, -0.2) is 0 Å². The fourth-order valence-corrected chi connectivity index (χ4v) is 2.53. The van der Waals surface area contributed by atoms with Crippen molar-refractivity contribution in [3.05, 3.63) is 35.9 Å². The minimum atomic E-state index is -0.412. The van der Waals surface area contributed by atoms with Gasteiger partial charge in [0.05, 0.1) is 0 Å². The van der Waals surface area contributed by atoms with E-state index in [-0.39, 0.29) is 12.0 Å². The Balaban J connectivity index is 1.98. The largest absolute Gasteiger partial charge is 0.459 e. The summed E-state index contributed by atoms with van der Waals surface area (Å²) < 4.78 is 5.50. The maximum Gasteiger partial charge on any atom is 0.324 e. The fourth-order valence-electron chi connectivity index (χ4n) is 2.53. The number of rotatable bonds is 3. The Labute approximate surface area is 115 Å². The standard InChI is InChI=1S/C16H23NO2/c1-12-10-17(11-13-8-6-5-7-9-13)14(12)15(18)19-16(2,3)4/h5-9,12,14H,10-11H2,1-4H3/t12-,14?/m0/s1. The molecule has 104 valence electrons. The quantitative estimate of drug-likeness (QED) is 0.784. The lowest BCUT2D eigenvalue weighted by Crippen LogP contribution is -2.59. The topological polar surface area (TPSA) is 29.5 Å². The van der Waals surface area contributed by atoms with Crippen LogP contribution in [0.15, 0.2) is 30.3 Å². The molecule has 1 aliphatic heterocycles. The molecule has 0 radical (unpaired) electrons. The summed E-state index contributed by atoms with van der Waals surface area (Å²) in [4.78, 5) is 14.4. The molecule has 1 unspecified atom stereocenters. The van der Waals surface area contributed by atoms with Gasteiger partial charge in [-0.15, -0.1) is 0 Å². The van der Waals surface area contributed by atoms with E-state index in [0.717, 1.165) is 13.1 Å². The van der Waals surface area contributed by atoms with Gasteiger partial charge in [0.2, 0.25) is 0 Å². The van der Waals surface area contributed by atoms with E-state index in [4.69, 9.17) is 4.74 Å². The number of carbonyl (C=O) groups is 1. The van der Waals surface area contributed by atoms with Crippen LogP contribution in [0.25, 0.3) is 0 Å². The molecule has 1 fully saturated rings. The molecule has 0 amide bonds. The van der Waals surface area contributed by atoms with Crippen molar-refractivity contribution in [1.29, 1.82) is 0 Å². The molecule has 0 N–H and O–H groups in total. The van der Waals surface area contributed by atoms with Crippen molar-refractivity contribution in [3.63, 3.8) is 0 Å². The average Bonchev–Trinajstić information content (AvgIpc) is 2.26. The first-order valence-corrected chi connectivity index (χ1v) is 6.87. The first-order valence-electron chi connectivity index (χ1n) is 6.87. The third-order valence-corrected chi connectivity index (χ3v) is 3.33. The first kappa shape index (κ1) is 14.1. The summed E-state index contributed by atoms with van der Waals surface area (Å²) >= 11 is 0. The summed E-state index contributed by atoms with van der Waals surface area (Å²) in [5.41, 5.74) is 0.827. The Bertz CT molecular complexity index is 436. The highest BCUT2D eigenvalue weighted by Crippen LogP contribution is 2.28. The van der Waals surface area contributed by atoms with Crippen LogP contribution in [-0.2, 0) is 16.1 Å². The Morgan fingerprint density at radius 1 is 1.32 bits per heavy atom. The average molecular weight is 261 g/mol. The van der Waals surface area contributed by atoms with Crippen LogP contribution in [0.1, 0.15) is 33.3 Å². The van der Waals surface area contributed by atoms with Crippen molar-refractivity contribution in [2.75, 3.05) is 6.54 Å². The lowest BCUT2D eigenvalue weighted by molar-refractivity contribution is -0.171. The predicted octanol–water partition coefficient (Wildman–Crippen LogP) is 2.85. The highest BCUT2D eigenvalue weighted by Gasteiger charge is 2.43. The van der Waals surface area contributed by atoms with Crippen LogP contribution in [0.5, 0.6) is 0 Å². The summed E-state index contributed by atoms with van der Waals surface area (Å²) in [6, 6.07) is 10.2. The summed E-state index contributed by atoms with van der Waals surface area (Å²) in [5.74, 6) is 0.278. The van der Waals surface area contributed by atoms with Crippen molar-refractivity contribution in [3.8, 4) is 0 Å². The van der Waals surface area contributed by atoms with Crippen LogP contribution >= 0.6 is 0 Å². The molecule has 0 saturated carbocycles.